The molecule has 0 saturated carbocycles. The van der Waals surface area contributed by atoms with Crippen LogP contribution in [0.3, 0.4) is 0 Å². The lowest BCUT2D eigenvalue weighted by molar-refractivity contribution is 0.271. The summed E-state index contributed by atoms with van der Waals surface area (Å²) in [5, 5.41) is 11.8. The number of hydrogen-bond donors (Lipinski definition) is 1. The minimum absolute atomic E-state index is 0.0230. The van der Waals surface area contributed by atoms with E-state index in [1.165, 1.54) is 12.8 Å². The Morgan fingerprint density at radius 1 is 0.913 bits per heavy atom. The first-order valence-electron chi connectivity index (χ1n) is 8.06. The van der Waals surface area contributed by atoms with E-state index in [0.29, 0.717) is 5.52 Å². The van der Waals surface area contributed by atoms with Gasteiger partial charge in [0.25, 0.3) is 0 Å². The van der Waals surface area contributed by atoms with Gasteiger partial charge in [-0.05, 0) is 44.1 Å². The SMILES string of the molecule is Oc1c([C@H](c2ccccn2)N2CCCC2)ccc2cccnc12. The maximum atomic E-state index is 10.8. The molecule has 1 fully saturated rings. The largest absolute Gasteiger partial charge is 0.505 e. The van der Waals surface area contributed by atoms with Crippen LogP contribution >= 0.6 is 0 Å². The highest BCUT2D eigenvalue weighted by Crippen LogP contribution is 2.38. The van der Waals surface area contributed by atoms with E-state index >= 15 is 0 Å². The first-order chi connectivity index (χ1) is 11.3. The van der Waals surface area contributed by atoms with Crippen molar-refractivity contribution in [3.05, 3.63) is 66.1 Å². The van der Waals surface area contributed by atoms with Crippen LogP contribution in [-0.4, -0.2) is 33.1 Å². The van der Waals surface area contributed by atoms with E-state index in [0.717, 1.165) is 29.7 Å². The third kappa shape index (κ3) is 2.55. The number of aromatic nitrogens is 2. The van der Waals surface area contributed by atoms with Gasteiger partial charge in [0.2, 0.25) is 0 Å². The van der Waals surface area contributed by atoms with Gasteiger partial charge >= 0.3 is 0 Å². The molecule has 3 heterocycles. The fraction of sp³-hybridized carbons (Fsp3) is 0.263. The molecule has 1 aliphatic heterocycles. The molecule has 4 nitrogen and oxygen atoms in total. The van der Waals surface area contributed by atoms with Gasteiger partial charge in [0.1, 0.15) is 11.3 Å². The predicted molar refractivity (Wildman–Crippen MR) is 90.3 cm³/mol. The van der Waals surface area contributed by atoms with Crippen LogP contribution in [0.5, 0.6) is 5.75 Å². The number of aromatic hydroxyl groups is 1. The van der Waals surface area contributed by atoms with Gasteiger partial charge in [0.15, 0.2) is 0 Å². The number of likely N-dealkylation sites (tertiary alicyclic amines) is 1. The Kier molecular flexibility index (Phi) is 3.67. The van der Waals surface area contributed by atoms with Gasteiger partial charge in [0, 0.05) is 23.3 Å². The average Bonchev–Trinajstić information content (AvgIpc) is 3.13. The van der Waals surface area contributed by atoms with E-state index in [1.807, 2.05) is 48.7 Å². The number of rotatable bonds is 3. The van der Waals surface area contributed by atoms with E-state index in [4.69, 9.17) is 0 Å². The first-order valence-corrected chi connectivity index (χ1v) is 8.06. The highest BCUT2D eigenvalue weighted by molar-refractivity contribution is 5.85. The Morgan fingerprint density at radius 3 is 2.52 bits per heavy atom. The number of fused-ring (bicyclic) bond motifs is 1. The van der Waals surface area contributed by atoms with Crippen molar-refractivity contribution in [2.24, 2.45) is 0 Å². The molecule has 0 unspecified atom stereocenters. The number of pyridine rings is 2. The van der Waals surface area contributed by atoms with Crippen LogP contribution in [0.1, 0.15) is 30.1 Å². The molecule has 1 atom stereocenters. The molecule has 0 radical (unpaired) electrons. The second-order valence-electron chi connectivity index (χ2n) is 5.98. The maximum absolute atomic E-state index is 10.8. The average molecular weight is 305 g/mol. The fourth-order valence-corrected chi connectivity index (χ4v) is 3.45. The van der Waals surface area contributed by atoms with Crippen molar-refractivity contribution in [2.75, 3.05) is 13.1 Å². The number of benzene rings is 1. The monoisotopic (exact) mass is 305 g/mol. The topological polar surface area (TPSA) is 49.3 Å². The summed E-state index contributed by atoms with van der Waals surface area (Å²) in [6.45, 7) is 2.06. The van der Waals surface area contributed by atoms with Crippen LogP contribution in [0.2, 0.25) is 0 Å². The highest BCUT2D eigenvalue weighted by Gasteiger charge is 2.28. The molecule has 1 N–H and O–H groups in total. The quantitative estimate of drug-likeness (QED) is 0.804. The molecule has 0 spiro atoms. The van der Waals surface area contributed by atoms with Crippen LogP contribution in [0.15, 0.2) is 54.9 Å². The van der Waals surface area contributed by atoms with Crippen molar-refractivity contribution in [3.63, 3.8) is 0 Å². The molecule has 4 rings (SSSR count). The third-order valence-corrected chi connectivity index (χ3v) is 4.55. The summed E-state index contributed by atoms with van der Waals surface area (Å²) in [7, 11) is 0. The van der Waals surface area contributed by atoms with Crippen LogP contribution in [0.4, 0.5) is 0 Å². The summed E-state index contributed by atoms with van der Waals surface area (Å²) in [5.74, 6) is 0.269. The second kappa shape index (κ2) is 5.97. The summed E-state index contributed by atoms with van der Waals surface area (Å²) in [6, 6.07) is 13.8. The molecule has 4 heteroatoms. The Morgan fingerprint density at radius 2 is 1.74 bits per heavy atom. The second-order valence-corrected chi connectivity index (χ2v) is 5.98. The third-order valence-electron chi connectivity index (χ3n) is 4.55. The zero-order valence-electron chi connectivity index (χ0n) is 12.9. The standard InChI is InChI=1S/C19H19N3O/c23-19-15(9-8-14-6-5-11-21-17(14)19)18(22-12-3-4-13-22)16-7-1-2-10-20-16/h1-2,5-11,18,23H,3-4,12-13H2/t18-/m1/s1. The molecular formula is C19H19N3O. The minimum atomic E-state index is -0.0230. The molecule has 1 aliphatic rings. The molecule has 0 bridgehead atoms. The molecular weight excluding hydrogens is 286 g/mol. The maximum Gasteiger partial charge on any atom is 0.146 e. The number of hydrogen-bond acceptors (Lipinski definition) is 4. The van der Waals surface area contributed by atoms with Crippen LogP contribution in [-0.2, 0) is 0 Å². The number of phenolic OH excluding ortho intramolecular Hbond substituents is 1. The van der Waals surface area contributed by atoms with E-state index in [1.54, 1.807) is 6.20 Å². The van der Waals surface area contributed by atoms with E-state index in [2.05, 4.69) is 14.9 Å². The van der Waals surface area contributed by atoms with Crippen molar-refractivity contribution >= 4 is 10.9 Å². The Labute approximate surface area is 135 Å². The summed E-state index contributed by atoms with van der Waals surface area (Å²) >= 11 is 0. The zero-order valence-corrected chi connectivity index (χ0v) is 12.9. The Bertz CT molecular complexity index is 813. The van der Waals surface area contributed by atoms with Crippen LogP contribution < -0.4 is 0 Å². The van der Waals surface area contributed by atoms with Gasteiger partial charge in [-0.25, -0.2) is 0 Å². The van der Waals surface area contributed by atoms with Crippen molar-refractivity contribution in [1.29, 1.82) is 0 Å². The lowest BCUT2D eigenvalue weighted by Crippen LogP contribution is -2.27. The molecule has 3 aromatic rings. The lowest BCUT2D eigenvalue weighted by atomic mass is 9.98. The Balaban J connectivity index is 1.88. The van der Waals surface area contributed by atoms with Gasteiger partial charge in [-0.1, -0.05) is 24.3 Å². The molecule has 0 aliphatic carbocycles. The molecule has 1 aromatic carbocycles. The predicted octanol–water partition coefficient (Wildman–Crippen LogP) is 3.52. The minimum Gasteiger partial charge on any atom is -0.505 e. The van der Waals surface area contributed by atoms with E-state index in [9.17, 15) is 5.11 Å². The van der Waals surface area contributed by atoms with Crippen molar-refractivity contribution < 1.29 is 5.11 Å². The number of nitrogens with zero attached hydrogens (tertiary/aromatic N) is 3. The van der Waals surface area contributed by atoms with Crippen molar-refractivity contribution in [3.8, 4) is 5.75 Å². The fourth-order valence-electron chi connectivity index (χ4n) is 3.45. The summed E-state index contributed by atoms with van der Waals surface area (Å²) < 4.78 is 0. The smallest absolute Gasteiger partial charge is 0.146 e. The van der Waals surface area contributed by atoms with Gasteiger partial charge in [-0.2, -0.15) is 0 Å². The molecule has 1 saturated heterocycles. The van der Waals surface area contributed by atoms with Crippen molar-refractivity contribution in [1.82, 2.24) is 14.9 Å². The zero-order chi connectivity index (χ0) is 15.6. The van der Waals surface area contributed by atoms with E-state index in [-0.39, 0.29) is 11.8 Å². The summed E-state index contributed by atoms with van der Waals surface area (Å²) in [6.07, 6.45) is 5.91. The highest BCUT2D eigenvalue weighted by atomic mass is 16.3. The number of phenols is 1. The molecule has 0 amide bonds. The molecule has 2 aromatic heterocycles. The Hall–Kier alpha value is -2.46. The van der Waals surface area contributed by atoms with Gasteiger partial charge in [0.05, 0.1) is 11.7 Å². The van der Waals surface area contributed by atoms with Gasteiger partial charge in [-0.15, -0.1) is 0 Å². The summed E-state index contributed by atoms with van der Waals surface area (Å²) in [4.78, 5) is 11.3. The molecule has 116 valence electrons. The van der Waals surface area contributed by atoms with Gasteiger partial charge in [-0.3, -0.25) is 14.9 Å². The lowest BCUT2D eigenvalue weighted by Gasteiger charge is -2.28. The van der Waals surface area contributed by atoms with Crippen LogP contribution in [0.25, 0.3) is 10.9 Å². The first kappa shape index (κ1) is 14.2. The normalized spacial score (nSPS) is 16.7. The summed E-state index contributed by atoms with van der Waals surface area (Å²) in [5.41, 5.74) is 2.52. The molecule has 23 heavy (non-hydrogen) atoms. The van der Waals surface area contributed by atoms with Gasteiger partial charge < -0.3 is 5.11 Å². The van der Waals surface area contributed by atoms with Crippen molar-refractivity contribution in [2.45, 2.75) is 18.9 Å². The van der Waals surface area contributed by atoms with E-state index < -0.39 is 0 Å². The van der Waals surface area contributed by atoms with Crippen LogP contribution in [0, 0.1) is 0 Å².